The van der Waals surface area contributed by atoms with Crippen LogP contribution in [0, 0.1) is 0 Å². The smallest absolute Gasteiger partial charge is 0.267 e. The molecule has 0 atom stereocenters. The van der Waals surface area contributed by atoms with Gasteiger partial charge in [-0.25, -0.2) is 4.98 Å². The number of nitrogens with one attached hydrogen (secondary N) is 2. The molecule has 0 bridgehead atoms. The maximum Gasteiger partial charge on any atom is 0.267 e. The van der Waals surface area contributed by atoms with Crippen LogP contribution in [0.5, 0.6) is 0 Å². The van der Waals surface area contributed by atoms with E-state index >= 15 is 0 Å². The molecule has 0 saturated heterocycles. The molecule has 3 aromatic rings. The first-order valence-electron chi connectivity index (χ1n) is 7.91. The molecule has 0 radical (unpaired) electrons. The number of carbonyl (C=O) groups is 2. The van der Waals surface area contributed by atoms with Crippen LogP contribution in [0.3, 0.4) is 0 Å². The number of aromatic amines is 1. The third-order valence-corrected chi connectivity index (χ3v) is 5.88. The van der Waals surface area contributed by atoms with Gasteiger partial charge in [0.25, 0.3) is 11.8 Å². The molecule has 9 heteroatoms. The number of carbonyl (C=O) groups excluding carboxylic acids is 2. The molecule has 132 valence electrons. The number of anilines is 1. The second-order valence-corrected chi connectivity index (χ2v) is 7.77. The average molecular weight is 386 g/mol. The summed E-state index contributed by atoms with van der Waals surface area (Å²) >= 11 is 2.76. The zero-order valence-electron chi connectivity index (χ0n) is 13.5. The van der Waals surface area contributed by atoms with Crippen molar-refractivity contribution in [1.82, 2.24) is 14.9 Å². The van der Waals surface area contributed by atoms with E-state index in [9.17, 15) is 14.4 Å². The second-order valence-electron chi connectivity index (χ2n) is 5.74. The molecule has 0 aliphatic carbocycles. The van der Waals surface area contributed by atoms with Crippen LogP contribution in [0.1, 0.15) is 30.6 Å². The number of thiophene rings is 1. The number of hydrogen-bond acceptors (Lipinski definition) is 6. The highest BCUT2D eigenvalue weighted by atomic mass is 32.1. The summed E-state index contributed by atoms with van der Waals surface area (Å²) in [7, 11) is 0. The van der Waals surface area contributed by atoms with Gasteiger partial charge >= 0.3 is 0 Å². The van der Waals surface area contributed by atoms with E-state index in [-0.39, 0.29) is 17.4 Å². The summed E-state index contributed by atoms with van der Waals surface area (Å²) in [5.41, 5.74) is 1.13. The Bertz CT molecular complexity index is 1000. The lowest BCUT2D eigenvalue weighted by Gasteiger charge is -2.26. The molecule has 4 heterocycles. The first kappa shape index (κ1) is 16.7. The van der Waals surface area contributed by atoms with Gasteiger partial charge in [0.05, 0.1) is 22.7 Å². The van der Waals surface area contributed by atoms with Gasteiger partial charge in [0.2, 0.25) is 5.56 Å². The Kier molecular flexibility index (Phi) is 4.39. The van der Waals surface area contributed by atoms with Crippen molar-refractivity contribution in [3.63, 3.8) is 0 Å². The van der Waals surface area contributed by atoms with E-state index in [0.29, 0.717) is 35.1 Å². The fraction of sp³-hybridized carbons (Fsp3) is 0.176. The summed E-state index contributed by atoms with van der Waals surface area (Å²) in [4.78, 5) is 46.2. The standard InChI is InChI=1S/C17H14N4O3S2/c22-14-4-3-10(8-18-14)16(24)21-6-5-11-13(9-21)26-17(19-11)20-15(23)12-2-1-7-25-12/h1-4,7-8H,5-6,9H2,(H,18,22)(H,19,20,23). The van der Waals surface area contributed by atoms with E-state index in [0.717, 1.165) is 10.6 Å². The summed E-state index contributed by atoms with van der Waals surface area (Å²) in [6, 6.07) is 6.45. The van der Waals surface area contributed by atoms with E-state index in [1.54, 1.807) is 11.0 Å². The van der Waals surface area contributed by atoms with Crippen LogP contribution >= 0.6 is 22.7 Å². The average Bonchev–Trinajstić information content (AvgIpc) is 3.30. The molecular formula is C17H14N4O3S2. The van der Waals surface area contributed by atoms with Crippen LogP contribution in [-0.4, -0.2) is 33.2 Å². The lowest BCUT2D eigenvalue weighted by atomic mass is 10.1. The summed E-state index contributed by atoms with van der Waals surface area (Å²) < 4.78 is 0. The van der Waals surface area contributed by atoms with E-state index < -0.39 is 0 Å². The van der Waals surface area contributed by atoms with Gasteiger partial charge in [-0.05, 0) is 17.5 Å². The van der Waals surface area contributed by atoms with Gasteiger partial charge in [-0.2, -0.15) is 0 Å². The summed E-state index contributed by atoms with van der Waals surface area (Å²) in [5, 5.41) is 5.22. The Hall–Kier alpha value is -2.78. The van der Waals surface area contributed by atoms with E-state index in [2.05, 4.69) is 15.3 Å². The van der Waals surface area contributed by atoms with Crippen molar-refractivity contribution in [1.29, 1.82) is 0 Å². The Morgan fingerprint density at radius 3 is 2.88 bits per heavy atom. The maximum absolute atomic E-state index is 12.6. The minimum atomic E-state index is -0.240. The van der Waals surface area contributed by atoms with Crippen LogP contribution in [0.2, 0.25) is 0 Å². The van der Waals surface area contributed by atoms with Crippen molar-refractivity contribution in [2.75, 3.05) is 11.9 Å². The third-order valence-electron chi connectivity index (χ3n) is 4.02. The predicted molar refractivity (Wildman–Crippen MR) is 99.9 cm³/mol. The van der Waals surface area contributed by atoms with Crippen molar-refractivity contribution in [2.45, 2.75) is 13.0 Å². The molecule has 1 aliphatic heterocycles. The highest BCUT2D eigenvalue weighted by Crippen LogP contribution is 2.29. The van der Waals surface area contributed by atoms with Crippen molar-refractivity contribution < 1.29 is 9.59 Å². The number of H-pyrrole nitrogens is 1. The summed E-state index contributed by atoms with van der Waals surface area (Å²) in [6.45, 7) is 0.993. The molecule has 4 rings (SSSR count). The van der Waals surface area contributed by atoms with E-state index in [4.69, 9.17) is 0 Å². The highest BCUT2D eigenvalue weighted by Gasteiger charge is 2.25. The number of hydrogen-bond donors (Lipinski definition) is 2. The van der Waals surface area contributed by atoms with Crippen LogP contribution in [0.15, 0.2) is 40.6 Å². The Morgan fingerprint density at radius 1 is 1.27 bits per heavy atom. The zero-order chi connectivity index (χ0) is 18.1. The van der Waals surface area contributed by atoms with Crippen LogP contribution < -0.4 is 10.9 Å². The van der Waals surface area contributed by atoms with Crippen molar-refractivity contribution in [2.24, 2.45) is 0 Å². The minimum Gasteiger partial charge on any atom is -0.333 e. The predicted octanol–water partition coefficient (Wildman–Crippen LogP) is 2.34. The molecule has 26 heavy (non-hydrogen) atoms. The minimum absolute atomic E-state index is 0.135. The summed E-state index contributed by atoms with van der Waals surface area (Å²) in [6.07, 6.45) is 2.06. The van der Waals surface area contributed by atoms with E-state index in [1.807, 2.05) is 11.4 Å². The maximum atomic E-state index is 12.6. The number of aromatic nitrogens is 2. The number of nitrogens with zero attached hydrogens (tertiary/aromatic N) is 2. The molecule has 0 aromatic carbocycles. The fourth-order valence-electron chi connectivity index (χ4n) is 2.71. The summed E-state index contributed by atoms with van der Waals surface area (Å²) in [5.74, 6) is -0.309. The monoisotopic (exact) mass is 386 g/mol. The molecule has 3 aromatic heterocycles. The molecule has 0 unspecified atom stereocenters. The molecule has 7 nitrogen and oxygen atoms in total. The highest BCUT2D eigenvalue weighted by molar-refractivity contribution is 7.16. The fourth-order valence-corrected chi connectivity index (χ4v) is 4.35. The molecule has 2 amide bonds. The lowest BCUT2D eigenvalue weighted by molar-refractivity contribution is 0.0735. The van der Waals surface area contributed by atoms with Gasteiger partial charge in [-0.15, -0.1) is 11.3 Å². The lowest BCUT2D eigenvalue weighted by Crippen LogP contribution is -2.35. The number of rotatable bonds is 3. The van der Waals surface area contributed by atoms with Crippen LogP contribution in [0.4, 0.5) is 5.13 Å². The van der Waals surface area contributed by atoms with Crippen molar-refractivity contribution in [3.8, 4) is 0 Å². The molecule has 1 aliphatic rings. The van der Waals surface area contributed by atoms with Crippen molar-refractivity contribution in [3.05, 3.63) is 67.2 Å². The Balaban J connectivity index is 1.48. The SMILES string of the molecule is O=C(Nc1nc2c(s1)CN(C(=O)c1ccc(=O)[nH]c1)CC2)c1cccs1. The van der Waals surface area contributed by atoms with Crippen LogP contribution in [0.25, 0.3) is 0 Å². The van der Waals surface area contributed by atoms with Gasteiger partial charge < -0.3 is 9.88 Å². The second kappa shape index (κ2) is 6.85. The van der Waals surface area contributed by atoms with E-state index in [1.165, 1.54) is 41.0 Å². The number of fused-ring (bicyclic) bond motifs is 1. The largest absolute Gasteiger partial charge is 0.333 e. The third kappa shape index (κ3) is 3.31. The first-order valence-corrected chi connectivity index (χ1v) is 9.61. The van der Waals surface area contributed by atoms with Gasteiger partial charge in [-0.1, -0.05) is 17.4 Å². The number of thiazole rings is 1. The molecule has 0 spiro atoms. The van der Waals surface area contributed by atoms with Crippen molar-refractivity contribution >= 4 is 39.6 Å². The van der Waals surface area contributed by atoms with Gasteiger partial charge in [0.1, 0.15) is 0 Å². The van der Waals surface area contributed by atoms with Gasteiger partial charge in [-0.3, -0.25) is 19.7 Å². The Labute approximate surface area is 156 Å². The molecule has 0 saturated carbocycles. The zero-order valence-corrected chi connectivity index (χ0v) is 15.2. The van der Waals surface area contributed by atoms with Crippen LogP contribution in [-0.2, 0) is 13.0 Å². The van der Waals surface area contributed by atoms with Gasteiger partial charge in [0.15, 0.2) is 5.13 Å². The number of pyridine rings is 1. The molecular weight excluding hydrogens is 372 g/mol. The topological polar surface area (TPSA) is 95.2 Å². The normalized spacial score (nSPS) is 13.3. The molecule has 2 N–H and O–H groups in total. The number of amides is 2. The van der Waals surface area contributed by atoms with Gasteiger partial charge in [0, 0.05) is 30.1 Å². The first-order chi connectivity index (χ1) is 12.6. The quantitative estimate of drug-likeness (QED) is 0.722. The Morgan fingerprint density at radius 2 is 2.15 bits per heavy atom. The molecule has 0 fully saturated rings.